The van der Waals surface area contributed by atoms with Crippen molar-refractivity contribution in [1.29, 1.82) is 0 Å². The van der Waals surface area contributed by atoms with Gasteiger partial charge in [-0.05, 0) is 30.2 Å². The molecule has 0 saturated heterocycles. The number of nitrogens with one attached hydrogen (secondary N) is 1. The lowest BCUT2D eigenvalue weighted by atomic mass is 10.0. The van der Waals surface area contributed by atoms with Gasteiger partial charge in [-0.1, -0.05) is 30.3 Å². The van der Waals surface area contributed by atoms with Gasteiger partial charge >= 0.3 is 0 Å². The van der Waals surface area contributed by atoms with Gasteiger partial charge in [-0.25, -0.2) is 4.98 Å². The molecule has 1 amide bonds. The van der Waals surface area contributed by atoms with Gasteiger partial charge in [0.1, 0.15) is 11.8 Å². The largest absolute Gasteiger partial charge is 0.370 e. The van der Waals surface area contributed by atoms with Crippen LogP contribution in [0.3, 0.4) is 0 Å². The maximum Gasteiger partial charge on any atom is 0.269 e. The van der Waals surface area contributed by atoms with Gasteiger partial charge in [0, 0.05) is 14.2 Å². The summed E-state index contributed by atoms with van der Waals surface area (Å²) in [5, 5.41) is 2.59. The van der Waals surface area contributed by atoms with Gasteiger partial charge in [-0.2, -0.15) is 0 Å². The number of ether oxygens (including phenoxy) is 1. The summed E-state index contributed by atoms with van der Waals surface area (Å²) in [6.45, 7) is 1.94. The van der Waals surface area contributed by atoms with Gasteiger partial charge in [-0.3, -0.25) is 4.79 Å². The zero-order valence-electron chi connectivity index (χ0n) is 11.9. The Hall–Kier alpha value is -2.20. The van der Waals surface area contributed by atoms with Gasteiger partial charge < -0.3 is 10.1 Å². The molecule has 0 aliphatic rings. The molecule has 0 saturated carbocycles. The summed E-state index contributed by atoms with van der Waals surface area (Å²) in [5.41, 5.74) is 3.13. The monoisotopic (exact) mass is 270 g/mol. The molecule has 1 unspecified atom stereocenters. The van der Waals surface area contributed by atoms with Crippen LogP contribution in [-0.2, 0) is 4.74 Å². The number of hydrogen-bond acceptors (Lipinski definition) is 3. The first-order valence-corrected chi connectivity index (χ1v) is 6.44. The maximum absolute atomic E-state index is 11.8. The zero-order chi connectivity index (χ0) is 14.5. The Kier molecular flexibility index (Phi) is 4.48. The van der Waals surface area contributed by atoms with Crippen molar-refractivity contribution < 1.29 is 9.53 Å². The quantitative estimate of drug-likeness (QED) is 0.928. The molecule has 2 rings (SSSR count). The molecule has 1 aromatic heterocycles. The minimum absolute atomic E-state index is 0.196. The van der Waals surface area contributed by atoms with Crippen LogP contribution in [0.1, 0.15) is 33.4 Å². The number of pyridine rings is 1. The van der Waals surface area contributed by atoms with E-state index in [4.69, 9.17) is 4.74 Å². The first-order chi connectivity index (χ1) is 9.65. The minimum atomic E-state index is -0.278. The van der Waals surface area contributed by atoms with Crippen LogP contribution >= 0.6 is 0 Å². The predicted molar refractivity (Wildman–Crippen MR) is 77.7 cm³/mol. The van der Waals surface area contributed by atoms with E-state index in [-0.39, 0.29) is 12.0 Å². The molecule has 1 heterocycles. The molecule has 0 aliphatic heterocycles. The summed E-state index contributed by atoms with van der Waals surface area (Å²) < 4.78 is 5.55. The predicted octanol–water partition coefficient (Wildman–Crippen LogP) is 2.49. The van der Waals surface area contributed by atoms with Crippen LogP contribution in [0.2, 0.25) is 0 Å². The van der Waals surface area contributed by atoms with Crippen LogP contribution in [0.4, 0.5) is 0 Å². The topological polar surface area (TPSA) is 51.2 Å². The van der Waals surface area contributed by atoms with E-state index in [2.05, 4.69) is 10.3 Å². The number of methoxy groups -OCH3 is 1. The SMILES string of the molecule is CNC(=O)c1cc(C)cc(C(OC)c2ccccc2)n1. The van der Waals surface area contributed by atoms with Crippen LogP contribution in [0, 0.1) is 6.92 Å². The number of aromatic nitrogens is 1. The lowest BCUT2D eigenvalue weighted by Gasteiger charge is -2.16. The fraction of sp³-hybridized carbons (Fsp3) is 0.250. The van der Waals surface area contributed by atoms with Crippen molar-refractivity contribution in [1.82, 2.24) is 10.3 Å². The second-order valence-electron chi connectivity index (χ2n) is 4.56. The normalized spacial score (nSPS) is 11.9. The second kappa shape index (κ2) is 6.30. The number of hydrogen-bond donors (Lipinski definition) is 1. The van der Waals surface area contributed by atoms with Crippen LogP contribution in [0.25, 0.3) is 0 Å². The highest BCUT2D eigenvalue weighted by atomic mass is 16.5. The van der Waals surface area contributed by atoms with E-state index >= 15 is 0 Å². The van der Waals surface area contributed by atoms with Crippen LogP contribution in [-0.4, -0.2) is 25.0 Å². The molecule has 0 bridgehead atoms. The van der Waals surface area contributed by atoms with Crippen molar-refractivity contribution in [3.8, 4) is 0 Å². The summed E-state index contributed by atoms with van der Waals surface area (Å²) in [6, 6.07) is 13.5. The molecule has 1 aromatic carbocycles. The summed E-state index contributed by atoms with van der Waals surface area (Å²) >= 11 is 0. The molecule has 2 aromatic rings. The van der Waals surface area contributed by atoms with Gasteiger partial charge in [0.05, 0.1) is 5.69 Å². The Labute approximate surface area is 118 Å². The average Bonchev–Trinajstić information content (AvgIpc) is 2.48. The van der Waals surface area contributed by atoms with Crippen molar-refractivity contribution in [2.75, 3.05) is 14.2 Å². The van der Waals surface area contributed by atoms with Crippen molar-refractivity contribution >= 4 is 5.91 Å². The van der Waals surface area contributed by atoms with E-state index in [9.17, 15) is 4.79 Å². The molecule has 4 nitrogen and oxygen atoms in total. The number of amides is 1. The lowest BCUT2D eigenvalue weighted by molar-refractivity contribution is 0.0955. The standard InChI is InChI=1S/C16H18N2O2/c1-11-9-13(18-14(10-11)16(19)17-2)15(20-3)12-7-5-4-6-8-12/h4-10,15H,1-3H3,(H,17,19). The van der Waals surface area contributed by atoms with Crippen molar-refractivity contribution in [3.05, 3.63) is 65.0 Å². The van der Waals surface area contributed by atoms with E-state index in [0.717, 1.165) is 16.8 Å². The van der Waals surface area contributed by atoms with Crippen LogP contribution in [0.15, 0.2) is 42.5 Å². The first kappa shape index (κ1) is 14.2. The Balaban J connectivity index is 2.45. The van der Waals surface area contributed by atoms with Crippen LogP contribution in [0.5, 0.6) is 0 Å². The van der Waals surface area contributed by atoms with Crippen molar-refractivity contribution in [2.45, 2.75) is 13.0 Å². The Morgan fingerprint density at radius 1 is 1.25 bits per heavy atom. The highest BCUT2D eigenvalue weighted by Crippen LogP contribution is 2.24. The van der Waals surface area contributed by atoms with Gasteiger partial charge in [0.2, 0.25) is 0 Å². The Bertz CT molecular complexity index is 597. The third-order valence-electron chi connectivity index (χ3n) is 3.06. The van der Waals surface area contributed by atoms with Crippen LogP contribution < -0.4 is 5.32 Å². The van der Waals surface area contributed by atoms with E-state index < -0.39 is 0 Å². The molecule has 0 aliphatic carbocycles. The summed E-state index contributed by atoms with van der Waals surface area (Å²) in [7, 11) is 3.23. The summed E-state index contributed by atoms with van der Waals surface area (Å²) in [5.74, 6) is -0.196. The van der Waals surface area contributed by atoms with E-state index in [0.29, 0.717) is 5.69 Å². The average molecular weight is 270 g/mol. The first-order valence-electron chi connectivity index (χ1n) is 6.44. The van der Waals surface area contributed by atoms with Gasteiger partial charge in [0.15, 0.2) is 0 Å². The summed E-state index contributed by atoms with van der Waals surface area (Å²) in [4.78, 5) is 16.2. The Morgan fingerprint density at radius 2 is 1.95 bits per heavy atom. The third-order valence-corrected chi connectivity index (χ3v) is 3.06. The summed E-state index contributed by atoms with van der Waals surface area (Å²) in [6.07, 6.45) is -0.278. The fourth-order valence-corrected chi connectivity index (χ4v) is 2.13. The molecule has 0 fully saturated rings. The number of aryl methyl sites for hydroxylation is 1. The minimum Gasteiger partial charge on any atom is -0.370 e. The van der Waals surface area contributed by atoms with Gasteiger partial charge in [-0.15, -0.1) is 0 Å². The molecule has 0 radical (unpaired) electrons. The number of carbonyl (C=O) groups is 1. The number of rotatable bonds is 4. The Morgan fingerprint density at radius 3 is 2.55 bits per heavy atom. The number of benzene rings is 1. The molecular weight excluding hydrogens is 252 g/mol. The molecule has 1 atom stereocenters. The highest BCUT2D eigenvalue weighted by Gasteiger charge is 2.17. The van der Waals surface area contributed by atoms with E-state index in [1.54, 1.807) is 20.2 Å². The second-order valence-corrected chi connectivity index (χ2v) is 4.56. The molecule has 104 valence electrons. The highest BCUT2D eigenvalue weighted by molar-refractivity contribution is 5.92. The zero-order valence-corrected chi connectivity index (χ0v) is 11.9. The molecule has 4 heteroatoms. The van der Waals surface area contributed by atoms with Crippen molar-refractivity contribution in [2.24, 2.45) is 0 Å². The third kappa shape index (κ3) is 3.03. The van der Waals surface area contributed by atoms with E-state index in [1.165, 1.54) is 0 Å². The van der Waals surface area contributed by atoms with Gasteiger partial charge in [0.25, 0.3) is 5.91 Å². The molecule has 1 N–H and O–H groups in total. The molecular formula is C16H18N2O2. The number of nitrogens with zero attached hydrogens (tertiary/aromatic N) is 1. The van der Waals surface area contributed by atoms with E-state index in [1.807, 2.05) is 43.3 Å². The molecule has 0 spiro atoms. The fourth-order valence-electron chi connectivity index (χ4n) is 2.13. The maximum atomic E-state index is 11.8. The lowest BCUT2D eigenvalue weighted by Crippen LogP contribution is -2.20. The number of carbonyl (C=O) groups excluding carboxylic acids is 1. The smallest absolute Gasteiger partial charge is 0.269 e. The van der Waals surface area contributed by atoms with Crippen molar-refractivity contribution in [3.63, 3.8) is 0 Å². The molecule has 20 heavy (non-hydrogen) atoms.